The van der Waals surface area contributed by atoms with Gasteiger partial charge in [-0.2, -0.15) is 0 Å². The zero-order valence-electron chi connectivity index (χ0n) is 14.5. The molecule has 4 nitrogen and oxygen atoms in total. The Morgan fingerprint density at radius 1 is 0.950 bits per heavy atom. The van der Waals surface area contributed by atoms with Gasteiger partial charge in [-0.15, -0.1) is 0 Å². The molecule has 0 atom stereocenters. The normalized spacial score (nSPS) is 10.2. The largest absolute Gasteiger partial charge is 0.346 e. The molecule has 0 rings (SSSR count). The maximum Gasteiger partial charge on any atom is 0.222 e. The van der Waals surface area contributed by atoms with Crippen LogP contribution in [0.3, 0.4) is 0 Å². The molecule has 4 heteroatoms. The Hall–Kier alpha value is -0.610. The van der Waals surface area contributed by atoms with Gasteiger partial charge in [0.25, 0.3) is 0 Å². The van der Waals surface area contributed by atoms with Crippen LogP contribution in [0.2, 0.25) is 0 Å². The van der Waals surface area contributed by atoms with Crippen LogP contribution in [0.15, 0.2) is 0 Å². The molecule has 0 heterocycles. The van der Waals surface area contributed by atoms with Gasteiger partial charge in [0.15, 0.2) is 0 Å². The molecule has 20 heavy (non-hydrogen) atoms. The van der Waals surface area contributed by atoms with Crippen LogP contribution in [-0.4, -0.2) is 56.0 Å². The lowest BCUT2D eigenvalue weighted by Crippen LogP contribution is -2.30. The summed E-state index contributed by atoms with van der Waals surface area (Å²) in [6.45, 7) is 9.90. The van der Waals surface area contributed by atoms with Crippen LogP contribution >= 0.6 is 0 Å². The van der Waals surface area contributed by atoms with Gasteiger partial charge in [-0.1, -0.05) is 33.6 Å². The third-order valence-corrected chi connectivity index (χ3v) is 3.20. The topological polar surface area (TPSA) is 49.6 Å². The molecule has 2 N–H and O–H groups in total. The highest BCUT2D eigenvalue weighted by Gasteiger charge is 2.07. The van der Waals surface area contributed by atoms with Crippen LogP contribution < -0.4 is 5.73 Å². The fraction of sp³-hybridized carbons (Fsp3) is 0.938. The Morgan fingerprint density at radius 3 is 2.10 bits per heavy atom. The molecule has 0 bridgehead atoms. The molecule has 0 spiro atoms. The van der Waals surface area contributed by atoms with Crippen LogP contribution in [0.1, 0.15) is 59.3 Å². The lowest BCUT2D eigenvalue weighted by atomic mass is 10.2. The molecule has 0 aliphatic heterocycles. The molecule has 0 aromatic heterocycles. The molecule has 0 saturated carbocycles. The van der Waals surface area contributed by atoms with E-state index in [0.29, 0.717) is 13.0 Å². The van der Waals surface area contributed by atoms with Gasteiger partial charge in [-0.25, -0.2) is 0 Å². The lowest BCUT2D eigenvalue weighted by Gasteiger charge is -2.20. The third-order valence-electron chi connectivity index (χ3n) is 3.20. The highest BCUT2D eigenvalue weighted by atomic mass is 16.2. The molecule has 0 saturated heterocycles. The summed E-state index contributed by atoms with van der Waals surface area (Å²) >= 11 is 0. The Kier molecular flexibility index (Phi) is 17.8. The van der Waals surface area contributed by atoms with E-state index in [1.807, 2.05) is 25.8 Å². The predicted octanol–water partition coefficient (Wildman–Crippen LogP) is 2.72. The SMILES string of the molecule is CC.CCCCCN(C)CCCN(C)C(=O)CCCN. The first-order chi connectivity index (χ1) is 9.61. The van der Waals surface area contributed by atoms with Gasteiger partial charge in [0, 0.05) is 20.0 Å². The molecular formula is C16H37N3O. The maximum atomic E-state index is 11.6. The lowest BCUT2D eigenvalue weighted by molar-refractivity contribution is -0.130. The van der Waals surface area contributed by atoms with Gasteiger partial charge in [0.05, 0.1) is 0 Å². The van der Waals surface area contributed by atoms with Crippen molar-refractivity contribution in [3.8, 4) is 0 Å². The van der Waals surface area contributed by atoms with Gasteiger partial charge in [-0.3, -0.25) is 4.79 Å². The molecule has 0 aromatic carbocycles. The predicted molar refractivity (Wildman–Crippen MR) is 88.9 cm³/mol. The number of hydrogen-bond donors (Lipinski definition) is 1. The molecule has 122 valence electrons. The van der Waals surface area contributed by atoms with E-state index in [4.69, 9.17) is 5.73 Å². The van der Waals surface area contributed by atoms with E-state index in [9.17, 15) is 4.79 Å². The summed E-state index contributed by atoms with van der Waals surface area (Å²) < 4.78 is 0. The number of carbonyl (C=O) groups is 1. The third kappa shape index (κ3) is 13.8. The highest BCUT2D eigenvalue weighted by Crippen LogP contribution is 1.99. The molecule has 0 unspecified atom stereocenters. The Labute approximate surface area is 126 Å². The minimum absolute atomic E-state index is 0.217. The van der Waals surface area contributed by atoms with E-state index in [0.717, 1.165) is 25.9 Å². The number of nitrogens with zero attached hydrogens (tertiary/aromatic N) is 2. The van der Waals surface area contributed by atoms with Crippen molar-refractivity contribution < 1.29 is 4.79 Å². The first-order valence-corrected chi connectivity index (χ1v) is 8.24. The summed E-state index contributed by atoms with van der Waals surface area (Å²) in [5.41, 5.74) is 5.40. The second-order valence-electron chi connectivity index (χ2n) is 5.07. The van der Waals surface area contributed by atoms with Crippen molar-refractivity contribution in [3.63, 3.8) is 0 Å². The average Bonchev–Trinajstić information content (AvgIpc) is 2.47. The van der Waals surface area contributed by atoms with Crippen LogP contribution in [0.25, 0.3) is 0 Å². The number of rotatable bonds is 11. The van der Waals surface area contributed by atoms with Gasteiger partial charge in [-0.05, 0) is 45.9 Å². The second kappa shape index (κ2) is 16.4. The maximum absolute atomic E-state index is 11.6. The standard InChI is InChI=1S/C14H31N3O.C2H6/c1-4-5-6-11-16(2)12-8-13-17(3)14(18)9-7-10-15;1-2/h4-13,15H2,1-3H3;1-2H3. The summed E-state index contributed by atoms with van der Waals surface area (Å²) in [6, 6.07) is 0. The van der Waals surface area contributed by atoms with Gasteiger partial charge >= 0.3 is 0 Å². The van der Waals surface area contributed by atoms with Crippen molar-refractivity contribution in [3.05, 3.63) is 0 Å². The smallest absolute Gasteiger partial charge is 0.222 e. The number of hydrogen-bond acceptors (Lipinski definition) is 3. The Bertz CT molecular complexity index is 210. The van der Waals surface area contributed by atoms with Crippen LogP contribution in [-0.2, 0) is 4.79 Å². The van der Waals surface area contributed by atoms with Crippen molar-refractivity contribution in [2.75, 3.05) is 40.3 Å². The summed E-state index contributed by atoms with van der Waals surface area (Å²) in [7, 11) is 4.04. The molecule has 0 aliphatic carbocycles. The van der Waals surface area contributed by atoms with Gasteiger partial charge in [0.1, 0.15) is 0 Å². The summed E-state index contributed by atoms with van der Waals surface area (Å²) in [5, 5.41) is 0. The minimum atomic E-state index is 0.217. The molecule has 0 aliphatic rings. The zero-order chi connectivity index (χ0) is 15.8. The number of carbonyl (C=O) groups excluding carboxylic acids is 1. The molecule has 0 fully saturated rings. The second-order valence-corrected chi connectivity index (χ2v) is 5.07. The summed E-state index contributed by atoms with van der Waals surface area (Å²) in [5.74, 6) is 0.217. The monoisotopic (exact) mass is 287 g/mol. The van der Waals surface area contributed by atoms with Crippen LogP contribution in [0.4, 0.5) is 0 Å². The molecule has 1 amide bonds. The van der Waals surface area contributed by atoms with E-state index < -0.39 is 0 Å². The van der Waals surface area contributed by atoms with Crippen LogP contribution in [0.5, 0.6) is 0 Å². The molecular weight excluding hydrogens is 250 g/mol. The zero-order valence-corrected chi connectivity index (χ0v) is 14.5. The van der Waals surface area contributed by atoms with Crippen LogP contribution in [0, 0.1) is 0 Å². The number of amides is 1. The number of unbranched alkanes of at least 4 members (excludes halogenated alkanes) is 2. The minimum Gasteiger partial charge on any atom is -0.346 e. The van der Waals surface area contributed by atoms with E-state index in [2.05, 4.69) is 18.9 Å². The van der Waals surface area contributed by atoms with E-state index in [1.54, 1.807) is 0 Å². The number of nitrogens with two attached hydrogens (primary N) is 1. The average molecular weight is 287 g/mol. The Balaban J connectivity index is 0. The van der Waals surface area contributed by atoms with E-state index in [-0.39, 0.29) is 5.91 Å². The fourth-order valence-electron chi connectivity index (χ4n) is 1.89. The first kappa shape index (κ1) is 21.7. The van der Waals surface area contributed by atoms with Gasteiger partial charge in [0.2, 0.25) is 5.91 Å². The van der Waals surface area contributed by atoms with Crippen molar-refractivity contribution in [2.45, 2.75) is 59.3 Å². The van der Waals surface area contributed by atoms with Crippen molar-refractivity contribution in [1.29, 1.82) is 0 Å². The van der Waals surface area contributed by atoms with E-state index >= 15 is 0 Å². The highest BCUT2D eigenvalue weighted by molar-refractivity contribution is 5.75. The Morgan fingerprint density at radius 2 is 1.55 bits per heavy atom. The van der Waals surface area contributed by atoms with Crippen molar-refractivity contribution >= 4 is 5.91 Å². The summed E-state index contributed by atoms with van der Waals surface area (Å²) in [6.07, 6.45) is 6.28. The van der Waals surface area contributed by atoms with Crippen molar-refractivity contribution in [1.82, 2.24) is 9.80 Å². The molecule has 0 radical (unpaired) electrons. The molecule has 0 aromatic rings. The summed E-state index contributed by atoms with van der Waals surface area (Å²) in [4.78, 5) is 15.8. The van der Waals surface area contributed by atoms with E-state index in [1.165, 1.54) is 25.8 Å². The van der Waals surface area contributed by atoms with Crippen molar-refractivity contribution in [2.24, 2.45) is 5.73 Å². The first-order valence-electron chi connectivity index (χ1n) is 8.24. The van der Waals surface area contributed by atoms with Gasteiger partial charge < -0.3 is 15.5 Å². The fourth-order valence-corrected chi connectivity index (χ4v) is 1.89. The quantitative estimate of drug-likeness (QED) is 0.594.